The van der Waals surface area contributed by atoms with E-state index in [9.17, 15) is 4.39 Å². The zero-order valence-electron chi connectivity index (χ0n) is 12.7. The van der Waals surface area contributed by atoms with Crippen LogP contribution < -0.4 is 5.73 Å². The van der Waals surface area contributed by atoms with E-state index < -0.39 is 0 Å². The van der Waals surface area contributed by atoms with Gasteiger partial charge in [0.05, 0.1) is 0 Å². The van der Waals surface area contributed by atoms with Gasteiger partial charge in [0.15, 0.2) is 0 Å². The zero-order chi connectivity index (χ0) is 15.0. The highest BCUT2D eigenvalue weighted by Crippen LogP contribution is 2.35. The molecule has 2 atom stereocenters. The third-order valence-corrected chi connectivity index (χ3v) is 5.86. The van der Waals surface area contributed by atoms with Crippen molar-refractivity contribution >= 4 is 21.4 Å². The predicted molar refractivity (Wildman–Crippen MR) is 87.9 cm³/mol. The Morgan fingerprint density at radius 2 is 2.14 bits per heavy atom. The number of benzene rings is 1. The van der Waals surface area contributed by atoms with E-state index in [1.807, 2.05) is 6.07 Å². The topological polar surface area (TPSA) is 29.3 Å². The number of nitrogens with zero attached hydrogens (tertiary/aromatic N) is 1. The van der Waals surface area contributed by atoms with Crippen molar-refractivity contribution in [3.63, 3.8) is 0 Å². The third-order valence-electron chi connectivity index (χ3n) is 4.64. The lowest BCUT2D eigenvalue weighted by atomic mass is 9.94. The van der Waals surface area contributed by atoms with Gasteiger partial charge < -0.3 is 5.73 Å². The minimum atomic E-state index is -0.115. The fourth-order valence-corrected chi connectivity index (χ4v) is 4.46. The van der Waals surface area contributed by atoms with Crippen LogP contribution in [0.4, 0.5) is 4.39 Å². The molecule has 114 valence electrons. The molecule has 1 saturated heterocycles. The van der Waals surface area contributed by atoms with E-state index >= 15 is 0 Å². The van der Waals surface area contributed by atoms with Crippen LogP contribution in [0.1, 0.15) is 37.1 Å². The van der Waals surface area contributed by atoms with Crippen molar-refractivity contribution < 1.29 is 4.39 Å². The standard InChI is InChI=1S/C17H23FN2S/c1-11-6-7-12(2)20(9-11)10-13-16(8-19)21-15-5-3-4-14(18)17(13)15/h3-5,11-12H,6-10,19H2,1-2H3. The van der Waals surface area contributed by atoms with E-state index in [-0.39, 0.29) is 5.82 Å². The molecule has 2 N–H and O–H groups in total. The van der Waals surface area contributed by atoms with Crippen LogP contribution in [-0.2, 0) is 13.1 Å². The van der Waals surface area contributed by atoms with Gasteiger partial charge in [0.2, 0.25) is 0 Å². The SMILES string of the molecule is CC1CCC(C)N(Cc2c(CN)sc3cccc(F)c23)C1. The van der Waals surface area contributed by atoms with Crippen molar-refractivity contribution in [1.82, 2.24) is 4.90 Å². The van der Waals surface area contributed by atoms with Crippen LogP contribution in [-0.4, -0.2) is 17.5 Å². The highest BCUT2D eigenvalue weighted by molar-refractivity contribution is 7.19. The minimum Gasteiger partial charge on any atom is -0.326 e. The summed E-state index contributed by atoms with van der Waals surface area (Å²) in [5.41, 5.74) is 7.01. The van der Waals surface area contributed by atoms with Crippen molar-refractivity contribution in [2.75, 3.05) is 6.54 Å². The molecular weight excluding hydrogens is 283 g/mol. The van der Waals surface area contributed by atoms with Crippen LogP contribution in [0.25, 0.3) is 10.1 Å². The number of hydrogen-bond acceptors (Lipinski definition) is 3. The highest BCUT2D eigenvalue weighted by Gasteiger charge is 2.25. The normalized spacial score (nSPS) is 23.8. The molecule has 4 heteroatoms. The first kappa shape index (κ1) is 14.9. The Kier molecular flexibility index (Phi) is 4.29. The molecule has 0 radical (unpaired) electrons. The summed E-state index contributed by atoms with van der Waals surface area (Å²) in [6.07, 6.45) is 2.52. The number of thiophene rings is 1. The van der Waals surface area contributed by atoms with Crippen molar-refractivity contribution in [2.45, 2.75) is 45.8 Å². The van der Waals surface area contributed by atoms with Gasteiger partial charge in [-0.2, -0.15) is 0 Å². The van der Waals surface area contributed by atoms with Gasteiger partial charge in [0.25, 0.3) is 0 Å². The Bertz CT molecular complexity index is 637. The molecule has 2 unspecified atom stereocenters. The number of likely N-dealkylation sites (tertiary alicyclic amines) is 1. The van der Waals surface area contributed by atoms with Crippen LogP contribution in [0.2, 0.25) is 0 Å². The van der Waals surface area contributed by atoms with E-state index in [0.717, 1.165) is 39.5 Å². The van der Waals surface area contributed by atoms with Gasteiger partial charge >= 0.3 is 0 Å². The van der Waals surface area contributed by atoms with Crippen LogP contribution in [0.5, 0.6) is 0 Å². The summed E-state index contributed by atoms with van der Waals surface area (Å²) in [5.74, 6) is 0.605. The zero-order valence-corrected chi connectivity index (χ0v) is 13.5. The summed E-state index contributed by atoms with van der Waals surface area (Å²) in [6, 6.07) is 5.90. The Morgan fingerprint density at radius 3 is 2.90 bits per heavy atom. The molecule has 0 bridgehead atoms. The quantitative estimate of drug-likeness (QED) is 0.924. The van der Waals surface area contributed by atoms with Crippen molar-refractivity contribution in [2.24, 2.45) is 11.7 Å². The van der Waals surface area contributed by atoms with E-state index in [0.29, 0.717) is 12.6 Å². The molecule has 2 aromatic rings. The molecule has 1 aliphatic rings. The molecule has 1 aromatic heterocycles. The maximum atomic E-state index is 14.3. The molecule has 2 nitrogen and oxygen atoms in total. The van der Waals surface area contributed by atoms with Gasteiger partial charge in [-0.3, -0.25) is 4.90 Å². The van der Waals surface area contributed by atoms with Crippen LogP contribution in [0, 0.1) is 11.7 Å². The van der Waals surface area contributed by atoms with Crippen molar-refractivity contribution in [3.8, 4) is 0 Å². The Labute approximate surface area is 129 Å². The molecule has 0 amide bonds. The second-order valence-corrected chi connectivity index (χ2v) is 7.42. The lowest BCUT2D eigenvalue weighted by Crippen LogP contribution is -2.40. The second kappa shape index (κ2) is 6.03. The maximum absolute atomic E-state index is 14.3. The number of hydrogen-bond donors (Lipinski definition) is 1. The average molecular weight is 306 g/mol. The average Bonchev–Trinajstić information content (AvgIpc) is 2.82. The van der Waals surface area contributed by atoms with Crippen LogP contribution >= 0.6 is 11.3 Å². The molecule has 0 aliphatic carbocycles. The number of nitrogens with two attached hydrogens (primary N) is 1. The fourth-order valence-electron chi connectivity index (χ4n) is 3.35. The summed E-state index contributed by atoms with van der Waals surface area (Å²) < 4.78 is 15.3. The summed E-state index contributed by atoms with van der Waals surface area (Å²) >= 11 is 1.64. The van der Waals surface area contributed by atoms with E-state index in [2.05, 4.69) is 18.7 Å². The summed E-state index contributed by atoms with van der Waals surface area (Å²) in [6.45, 7) is 6.98. The van der Waals surface area contributed by atoms with Crippen LogP contribution in [0.3, 0.4) is 0 Å². The number of piperidine rings is 1. The predicted octanol–water partition coefficient (Wildman–Crippen LogP) is 4.12. The first-order chi connectivity index (χ1) is 10.1. The molecule has 0 spiro atoms. The first-order valence-corrected chi connectivity index (χ1v) is 8.54. The van der Waals surface area contributed by atoms with Crippen molar-refractivity contribution in [1.29, 1.82) is 0 Å². The number of fused-ring (bicyclic) bond motifs is 1. The summed E-state index contributed by atoms with van der Waals surface area (Å²) in [7, 11) is 0. The van der Waals surface area contributed by atoms with E-state index in [1.54, 1.807) is 23.5 Å². The first-order valence-electron chi connectivity index (χ1n) is 7.73. The van der Waals surface area contributed by atoms with Gasteiger partial charge in [-0.25, -0.2) is 4.39 Å². The Morgan fingerprint density at radius 1 is 1.33 bits per heavy atom. The van der Waals surface area contributed by atoms with Crippen molar-refractivity contribution in [3.05, 3.63) is 34.5 Å². The minimum absolute atomic E-state index is 0.115. The molecule has 21 heavy (non-hydrogen) atoms. The monoisotopic (exact) mass is 306 g/mol. The smallest absolute Gasteiger partial charge is 0.132 e. The second-order valence-electron chi connectivity index (χ2n) is 6.28. The van der Waals surface area contributed by atoms with Crippen LogP contribution in [0.15, 0.2) is 18.2 Å². The Hall–Kier alpha value is -0.970. The van der Waals surface area contributed by atoms with Gasteiger partial charge in [-0.05, 0) is 43.4 Å². The molecule has 3 rings (SSSR count). The van der Waals surface area contributed by atoms with E-state index in [4.69, 9.17) is 5.73 Å². The lowest BCUT2D eigenvalue weighted by molar-refractivity contribution is 0.117. The number of halogens is 1. The molecular formula is C17H23FN2S. The third kappa shape index (κ3) is 2.85. The molecule has 1 aliphatic heterocycles. The Balaban J connectivity index is 1.99. The van der Waals surface area contributed by atoms with Gasteiger partial charge in [0, 0.05) is 40.6 Å². The van der Waals surface area contributed by atoms with E-state index in [1.165, 1.54) is 12.8 Å². The van der Waals surface area contributed by atoms with Gasteiger partial charge in [-0.15, -0.1) is 11.3 Å². The number of rotatable bonds is 3. The largest absolute Gasteiger partial charge is 0.326 e. The molecule has 0 saturated carbocycles. The van der Waals surface area contributed by atoms with Gasteiger partial charge in [0.1, 0.15) is 5.82 Å². The maximum Gasteiger partial charge on any atom is 0.132 e. The summed E-state index contributed by atoms with van der Waals surface area (Å²) in [5, 5.41) is 0.786. The fraction of sp³-hybridized carbons (Fsp3) is 0.529. The molecule has 1 fully saturated rings. The highest BCUT2D eigenvalue weighted by atomic mass is 32.1. The summed E-state index contributed by atoms with van der Waals surface area (Å²) in [4.78, 5) is 3.61. The van der Waals surface area contributed by atoms with Gasteiger partial charge in [-0.1, -0.05) is 13.0 Å². The molecule has 2 heterocycles. The lowest BCUT2D eigenvalue weighted by Gasteiger charge is -2.37. The molecule has 1 aromatic carbocycles.